The van der Waals surface area contributed by atoms with Gasteiger partial charge in [-0.2, -0.15) is 0 Å². The molecule has 1 atom stereocenters. The van der Waals surface area contributed by atoms with Gasteiger partial charge in [-0.05, 0) is 80.0 Å². The van der Waals surface area contributed by atoms with E-state index < -0.39 is 6.10 Å². The summed E-state index contributed by atoms with van der Waals surface area (Å²) < 4.78 is 5.85. The van der Waals surface area contributed by atoms with E-state index in [0.717, 1.165) is 30.7 Å². The molecule has 24 heavy (non-hydrogen) atoms. The number of nitrogens with one attached hydrogen (secondary N) is 1. The maximum Gasteiger partial charge on any atom is 0.265 e. The molecule has 2 aromatic carbocycles. The molecule has 1 amide bonds. The monoisotopic (exact) mass is 323 g/mol. The zero-order chi connectivity index (χ0) is 16.9. The van der Waals surface area contributed by atoms with Crippen molar-refractivity contribution < 1.29 is 9.53 Å². The summed E-state index contributed by atoms with van der Waals surface area (Å²) in [5.41, 5.74) is 4.84. The number of carbonyl (C=O) groups is 1. The van der Waals surface area contributed by atoms with Gasteiger partial charge in [0.2, 0.25) is 0 Å². The van der Waals surface area contributed by atoms with Crippen LogP contribution in [0.3, 0.4) is 0 Å². The Morgan fingerprint density at radius 3 is 2.50 bits per heavy atom. The zero-order valence-corrected chi connectivity index (χ0v) is 14.5. The number of hydrogen-bond donors (Lipinski definition) is 1. The summed E-state index contributed by atoms with van der Waals surface area (Å²) in [6, 6.07) is 14.1. The van der Waals surface area contributed by atoms with E-state index in [-0.39, 0.29) is 5.91 Å². The number of rotatable bonds is 5. The Balaban J connectivity index is 1.61. The van der Waals surface area contributed by atoms with Gasteiger partial charge in [0.1, 0.15) is 5.75 Å². The van der Waals surface area contributed by atoms with Crippen LogP contribution in [0.2, 0.25) is 0 Å². The van der Waals surface area contributed by atoms with Crippen molar-refractivity contribution in [3.05, 3.63) is 59.2 Å². The van der Waals surface area contributed by atoms with Crippen molar-refractivity contribution in [2.24, 2.45) is 0 Å². The molecule has 0 aromatic heterocycles. The van der Waals surface area contributed by atoms with Crippen LogP contribution in [0.15, 0.2) is 42.5 Å². The topological polar surface area (TPSA) is 38.3 Å². The lowest BCUT2D eigenvalue weighted by Gasteiger charge is -2.19. The number of hydrogen-bond acceptors (Lipinski definition) is 2. The second-order valence-corrected chi connectivity index (χ2v) is 6.44. The van der Waals surface area contributed by atoms with Crippen molar-refractivity contribution in [3.8, 4) is 5.75 Å². The molecule has 0 bridgehead atoms. The van der Waals surface area contributed by atoms with E-state index in [1.807, 2.05) is 30.3 Å². The average Bonchev–Trinajstić information content (AvgIpc) is 2.62. The standard InChI is InChI=1S/C21H25NO2/c1-3-16-8-11-19(12-9-16)22-21(23)15(2)24-20-13-10-17-6-4-5-7-18(17)14-20/h8-15H,3-7H2,1-2H3,(H,22,23)/t15-/m0/s1. The van der Waals surface area contributed by atoms with E-state index in [1.165, 1.54) is 29.5 Å². The van der Waals surface area contributed by atoms with Crippen LogP contribution in [0.1, 0.15) is 43.4 Å². The molecule has 0 saturated heterocycles. The highest BCUT2D eigenvalue weighted by Crippen LogP contribution is 2.26. The van der Waals surface area contributed by atoms with Gasteiger partial charge in [0, 0.05) is 5.69 Å². The number of benzene rings is 2. The summed E-state index contributed by atoms with van der Waals surface area (Å²) in [4.78, 5) is 12.3. The average molecular weight is 323 g/mol. The van der Waals surface area contributed by atoms with E-state index >= 15 is 0 Å². The maximum absolute atomic E-state index is 12.3. The number of ether oxygens (including phenoxy) is 1. The lowest BCUT2D eigenvalue weighted by atomic mass is 9.92. The number of fused-ring (bicyclic) bond motifs is 1. The summed E-state index contributed by atoms with van der Waals surface area (Å²) in [6.07, 6.45) is 5.23. The molecule has 1 N–H and O–H groups in total. The first-order chi connectivity index (χ1) is 11.7. The quantitative estimate of drug-likeness (QED) is 0.877. The highest BCUT2D eigenvalue weighted by Gasteiger charge is 2.16. The van der Waals surface area contributed by atoms with E-state index in [1.54, 1.807) is 6.92 Å². The third-order valence-corrected chi connectivity index (χ3v) is 4.63. The fourth-order valence-electron chi connectivity index (χ4n) is 3.11. The van der Waals surface area contributed by atoms with Gasteiger partial charge in [-0.3, -0.25) is 4.79 Å². The molecule has 0 fully saturated rings. The maximum atomic E-state index is 12.3. The van der Waals surface area contributed by atoms with Gasteiger partial charge < -0.3 is 10.1 Å². The van der Waals surface area contributed by atoms with Crippen LogP contribution in [0, 0.1) is 0 Å². The molecule has 0 unspecified atom stereocenters. The highest BCUT2D eigenvalue weighted by molar-refractivity contribution is 5.94. The fourth-order valence-corrected chi connectivity index (χ4v) is 3.11. The highest BCUT2D eigenvalue weighted by atomic mass is 16.5. The first-order valence-corrected chi connectivity index (χ1v) is 8.84. The van der Waals surface area contributed by atoms with Crippen molar-refractivity contribution in [2.45, 2.75) is 52.1 Å². The van der Waals surface area contributed by atoms with Gasteiger partial charge in [-0.25, -0.2) is 0 Å². The minimum absolute atomic E-state index is 0.128. The minimum atomic E-state index is -0.530. The van der Waals surface area contributed by atoms with Gasteiger partial charge >= 0.3 is 0 Å². The summed E-state index contributed by atoms with van der Waals surface area (Å²) in [5, 5.41) is 2.91. The Bertz CT molecular complexity index is 706. The number of amides is 1. The zero-order valence-electron chi connectivity index (χ0n) is 14.5. The summed E-state index contributed by atoms with van der Waals surface area (Å²) in [5.74, 6) is 0.650. The first-order valence-electron chi connectivity index (χ1n) is 8.84. The minimum Gasteiger partial charge on any atom is -0.481 e. The molecule has 0 radical (unpaired) electrons. The third kappa shape index (κ3) is 3.97. The summed E-state index contributed by atoms with van der Waals surface area (Å²) in [7, 11) is 0. The Morgan fingerprint density at radius 1 is 1.08 bits per heavy atom. The molecule has 1 aliphatic rings. The Kier molecular flexibility index (Phi) is 5.19. The molecular formula is C21H25NO2. The van der Waals surface area contributed by atoms with Crippen LogP contribution in [0.4, 0.5) is 5.69 Å². The van der Waals surface area contributed by atoms with Gasteiger partial charge in [-0.1, -0.05) is 25.1 Å². The van der Waals surface area contributed by atoms with Gasteiger partial charge in [0.25, 0.3) is 5.91 Å². The lowest BCUT2D eigenvalue weighted by molar-refractivity contribution is -0.122. The molecule has 0 aliphatic heterocycles. The fraction of sp³-hybridized carbons (Fsp3) is 0.381. The number of anilines is 1. The predicted molar refractivity (Wildman–Crippen MR) is 97.6 cm³/mol. The smallest absolute Gasteiger partial charge is 0.265 e. The molecule has 126 valence electrons. The molecule has 0 saturated carbocycles. The Morgan fingerprint density at radius 2 is 1.79 bits per heavy atom. The first kappa shape index (κ1) is 16.6. The van der Waals surface area contributed by atoms with Crippen molar-refractivity contribution in [1.82, 2.24) is 0 Å². The molecule has 3 rings (SSSR count). The lowest BCUT2D eigenvalue weighted by Crippen LogP contribution is -2.30. The van der Waals surface area contributed by atoms with Crippen molar-refractivity contribution in [2.75, 3.05) is 5.32 Å². The molecular weight excluding hydrogens is 298 g/mol. The molecule has 2 aromatic rings. The normalized spacial score (nSPS) is 14.6. The van der Waals surface area contributed by atoms with Gasteiger partial charge in [0.15, 0.2) is 6.10 Å². The van der Waals surface area contributed by atoms with Crippen LogP contribution < -0.4 is 10.1 Å². The molecule has 3 nitrogen and oxygen atoms in total. The Labute approximate surface area is 144 Å². The van der Waals surface area contributed by atoms with E-state index in [0.29, 0.717) is 0 Å². The Hall–Kier alpha value is -2.29. The van der Waals surface area contributed by atoms with Crippen LogP contribution in [0.25, 0.3) is 0 Å². The second-order valence-electron chi connectivity index (χ2n) is 6.44. The number of aryl methyl sites for hydroxylation is 3. The van der Waals surface area contributed by atoms with Crippen LogP contribution in [-0.4, -0.2) is 12.0 Å². The number of carbonyl (C=O) groups excluding carboxylic acids is 1. The van der Waals surface area contributed by atoms with Gasteiger partial charge in [0.05, 0.1) is 0 Å². The molecule has 0 heterocycles. The molecule has 1 aliphatic carbocycles. The predicted octanol–water partition coefficient (Wildman–Crippen LogP) is 4.53. The second kappa shape index (κ2) is 7.52. The van der Waals surface area contributed by atoms with E-state index in [2.05, 4.69) is 24.4 Å². The van der Waals surface area contributed by atoms with Crippen LogP contribution in [0.5, 0.6) is 5.75 Å². The molecule has 0 spiro atoms. The van der Waals surface area contributed by atoms with Crippen molar-refractivity contribution >= 4 is 11.6 Å². The van der Waals surface area contributed by atoms with Crippen LogP contribution in [-0.2, 0) is 24.1 Å². The largest absolute Gasteiger partial charge is 0.481 e. The molecule has 3 heteroatoms. The van der Waals surface area contributed by atoms with Crippen LogP contribution >= 0.6 is 0 Å². The van der Waals surface area contributed by atoms with Crippen molar-refractivity contribution in [3.63, 3.8) is 0 Å². The third-order valence-electron chi connectivity index (χ3n) is 4.63. The summed E-state index contributed by atoms with van der Waals surface area (Å²) in [6.45, 7) is 3.90. The van der Waals surface area contributed by atoms with E-state index in [4.69, 9.17) is 4.74 Å². The summed E-state index contributed by atoms with van der Waals surface area (Å²) >= 11 is 0. The van der Waals surface area contributed by atoms with Gasteiger partial charge in [-0.15, -0.1) is 0 Å². The SMILES string of the molecule is CCc1ccc(NC(=O)[C@H](C)Oc2ccc3c(c2)CCCC3)cc1. The van der Waals surface area contributed by atoms with E-state index in [9.17, 15) is 4.79 Å². The van der Waals surface area contributed by atoms with Crippen molar-refractivity contribution in [1.29, 1.82) is 0 Å².